The predicted octanol–water partition coefficient (Wildman–Crippen LogP) is 2.23. The summed E-state index contributed by atoms with van der Waals surface area (Å²) in [5.41, 5.74) is 0.965. The first-order chi connectivity index (χ1) is 13.5. The number of carbonyl (C=O) groups excluding carboxylic acids is 1. The first kappa shape index (κ1) is 17.9. The highest BCUT2D eigenvalue weighted by atomic mass is 32.2. The molecule has 3 heterocycles. The molecule has 1 amide bonds. The first-order valence-electron chi connectivity index (χ1n) is 8.45. The molecule has 0 spiro atoms. The molecule has 1 N–H and O–H groups in total. The Labute approximate surface area is 160 Å². The van der Waals surface area contributed by atoms with Crippen LogP contribution >= 0.6 is 0 Å². The Hall–Kier alpha value is -3.46. The van der Waals surface area contributed by atoms with E-state index in [4.69, 9.17) is 4.42 Å². The van der Waals surface area contributed by atoms with Crippen molar-refractivity contribution in [2.75, 3.05) is 0 Å². The molecular formula is C19H16N4O4S. The van der Waals surface area contributed by atoms with Crippen molar-refractivity contribution in [3.05, 3.63) is 84.2 Å². The minimum Gasteiger partial charge on any atom is -0.459 e. The molecule has 1 aromatic carbocycles. The Morgan fingerprint density at radius 3 is 2.64 bits per heavy atom. The molecule has 0 radical (unpaired) electrons. The Kier molecular flexibility index (Phi) is 4.66. The number of hydrogen-bond donors (Lipinski definition) is 1. The number of rotatable bonds is 6. The van der Waals surface area contributed by atoms with Crippen molar-refractivity contribution in [3.63, 3.8) is 0 Å². The van der Waals surface area contributed by atoms with Crippen molar-refractivity contribution in [1.82, 2.24) is 19.9 Å². The van der Waals surface area contributed by atoms with E-state index in [0.717, 1.165) is 0 Å². The maximum atomic E-state index is 12.6. The number of furan rings is 1. The zero-order chi connectivity index (χ0) is 19.6. The van der Waals surface area contributed by atoms with Crippen LogP contribution in [-0.4, -0.2) is 28.9 Å². The lowest BCUT2D eigenvalue weighted by atomic mass is 10.2. The zero-order valence-electron chi connectivity index (χ0n) is 14.6. The topological polar surface area (TPSA) is 107 Å². The van der Waals surface area contributed by atoms with Crippen molar-refractivity contribution in [1.29, 1.82) is 0 Å². The molecule has 8 nitrogen and oxygen atoms in total. The molecule has 0 saturated carbocycles. The van der Waals surface area contributed by atoms with E-state index < -0.39 is 15.7 Å². The van der Waals surface area contributed by atoms with Gasteiger partial charge in [-0.25, -0.2) is 8.42 Å². The van der Waals surface area contributed by atoms with Gasteiger partial charge in [-0.3, -0.25) is 9.20 Å². The third-order valence-electron chi connectivity index (χ3n) is 4.19. The summed E-state index contributed by atoms with van der Waals surface area (Å²) in [6, 6.07) is 15.0. The molecule has 4 aromatic rings. The minimum absolute atomic E-state index is 0.0340. The maximum Gasteiger partial charge on any atom is 0.287 e. The van der Waals surface area contributed by atoms with E-state index in [-0.39, 0.29) is 23.0 Å². The third kappa shape index (κ3) is 3.52. The van der Waals surface area contributed by atoms with E-state index in [1.54, 1.807) is 34.9 Å². The Balaban J connectivity index is 1.50. The number of pyridine rings is 1. The summed E-state index contributed by atoms with van der Waals surface area (Å²) in [5, 5.41) is 10.8. The van der Waals surface area contributed by atoms with Gasteiger partial charge < -0.3 is 9.73 Å². The number of aromatic nitrogens is 3. The van der Waals surface area contributed by atoms with Crippen LogP contribution in [0.3, 0.4) is 0 Å². The monoisotopic (exact) mass is 396 g/mol. The predicted molar refractivity (Wildman–Crippen MR) is 100 cm³/mol. The lowest BCUT2D eigenvalue weighted by Crippen LogP contribution is -2.25. The molecule has 142 valence electrons. The van der Waals surface area contributed by atoms with Crippen LogP contribution in [0.4, 0.5) is 0 Å². The molecule has 0 bridgehead atoms. The van der Waals surface area contributed by atoms with Crippen LogP contribution in [0.15, 0.2) is 76.4 Å². The zero-order valence-corrected chi connectivity index (χ0v) is 15.5. The summed E-state index contributed by atoms with van der Waals surface area (Å²) in [7, 11) is -3.59. The molecule has 0 aliphatic rings. The van der Waals surface area contributed by atoms with Crippen molar-refractivity contribution < 1.29 is 17.6 Å². The summed E-state index contributed by atoms with van der Waals surface area (Å²) in [4.78, 5) is 12.7. The number of carbonyl (C=O) groups is 1. The normalized spacial score (nSPS) is 11.6. The number of sulfone groups is 1. The van der Waals surface area contributed by atoms with Gasteiger partial charge in [-0.2, -0.15) is 0 Å². The molecule has 0 aliphatic heterocycles. The van der Waals surface area contributed by atoms with E-state index in [1.165, 1.54) is 24.5 Å². The van der Waals surface area contributed by atoms with Crippen molar-refractivity contribution in [3.8, 4) is 0 Å². The first-order valence-corrected chi connectivity index (χ1v) is 10.1. The van der Waals surface area contributed by atoms with Gasteiger partial charge in [0, 0.05) is 11.8 Å². The highest BCUT2D eigenvalue weighted by molar-refractivity contribution is 7.90. The average molecular weight is 396 g/mol. The van der Waals surface area contributed by atoms with Gasteiger partial charge in [0.05, 0.1) is 23.5 Å². The second kappa shape index (κ2) is 7.28. The van der Waals surface area contributed by atoms with Crippen LogP contribution < -0.4 is 5.32 Å². The summed E-state index contributed by atoms with van der Waals surface area (Å²) in [6.07, 6.45) is 3.10. The lowest BCUT2D eigenvalue weighted by Gasteiger charge is -2.06. The number of nitrogens with zero attached hydrogens (tertiary/aromatic N) is 3. The number of benzene rings is 1. The number of nitrogens with one attached hydrogen (secondary N) is 1. The molecule has 0 atom stereocenters. The molecule has 28 heavy (non-hydrogen) atoms. The van der Waals surface area contributed by atoms with Crippen LogP contribution in [0.5, 0.6) is 0 Å². The van der Waals surface area contributed by atoms with Crippen LogP contribution in [0.25, 0.3) is 5.65 Å². The van der Waals surface area contributed by atoms with Crippen LogP contribution in [0, 0.1) is 0 Å². The van der Waals surface area contributed by atoms with E-state index in [0.29, 0.717) is 17.0 Å². The van der Waals surface area contributed by atoms with Gasteiger partial charge in [0.15, 0.2) is 27.1 Å². The van der Waals surface area contributed by atoms with Crippen molar-refractivity contribution in [2.45, 2.75) is 17.2 Å². The minimum atomic E-state index is -3.59. The molecular weight excluding hydrogens is 380 g/mol. The smallest absolute Gasteiger partial charge is 0.287 e. The van der Waals surface area contributed by atoms with Gasteiger partial charge in [-0.05, 0) is 30.3 Å². The van der Waals surface area contributed by atoms with Gasteiger partial charge in [-0.15, -0.1) is 10.2 Å². The Morgan fingerprint density at radius 2 is 1.82 bits per heavy atom. The molecule has 4 rings (SSSR count). The molecule has 0 aliphatic carbocycles. The fraction of sp³-hybridized carbons (Fsp3) is 0.105. The molecule has 0 saturated heterocycles. The van der Waals surface area contributed by atoms with Crippen molar-refractivity contribution >= 4 is 21.4 Å². The SMILES string of the molecule is O=C(NCc1nnc2ccccn12)c1occc1CS(=O)(=O)c1ccccc1. The van der Waals surface area contributed by atoms with E-state index in [9.17, 15) is 13.2 Å². The number of hydrogen-bond acceptors (Lipinski definition) is 6. The van der Waals surface area contributed by atoms with Gasteiger partial charge >= 0.3 is 0 Å². The summed E-state index contributed by atoms with van der Waals surface area (Å²) in [5.74, 6) is -0.331. The van der Waals surface area contributed by atoms with Crippen molar-refractivity contribution in [2.24, 2.45) is 0 Å². The van der Waals surface area contributed by atoms with Gasteiger partial charge in [0.1, 0.15) is 0 Å². The average Bonchev–Trinajstić information content (AvgIpc) is 3.33. The maximum absolute atomic E-state index is 12.6. The van der Waals surface area contributed by atoms with Gasteiger partial charge in [0.2, 0.25) is 0 Å². The fourth-order valence-electron chi connectivity index (χ4n) is 2.82. The Morgan fingerprint density at radius 1 is 1.04 bits per heavy atom. The quantitative estimate of drug-likeness (QED) is 0.536. The van der Waals surface area contributed by atoms with Gasteiger partial charge in [0.25, 0.3) is 5.91 Å². The highest BCUT2D eigenvalue weighted by Crippen LogP contribution is 2.20. The molecule has 9 heteroatoms. The number of fused-ring (bicyclic) bond motifs is 1. The Bertz CT molecular complexity index is 1230. The largest absolute Gasteiger partial charge is 0.459 e. The standard InChI is InChI=1S/C19H16N4O4S/c24-19(20-12-17-22-21-16-8-4-5-10-23(16)17)18-14(9-11-27-18)13-28(25,26)15-6-2-1-3-7-15/h1-11H,12-13H2,(H,20,24). The molecule has 3 aromatic heterocycles. The fourth-order valence-corrected chi connectivity index (χ4v) is 4.19. The van der Waals surface area contributed by atoms with E-state index in [2.05, 4.69) is 15.5 Å². The highest BCUT2D eigenvalue weighted by Gasteiger charge is 2.22. The molecule has 0 fully saturated rings. The molecule has 0 unspecified atom stereocenters. The lowest BCUT2D eigenvalue weighted by molar-refractivity contribution is 0.0921. The second-order valence-corrected chi connectivity index (χ2v) is 8.06. The van der Waals surface area contributed by atoms with E-state index >= 15 is 0 Å². The third-order valence-corrected chi connectivity index (χ3v) is 5.87. The van der Waals surface area contributed by atoms with Crippen LogP contribution in [0.1, 0.15) is 21.9 Å². The van der Waals surface area contributed by atoms with E-state index in [1.807, 2.05) is 12.1 Å². The van der Waals surface area contributed by atoms with Crippen LogP contribution in [-0.2, 0) is 22.1 Å². The van der Waals surface area contributed by atoms with Gasteiger partial charge in [-0.1, -0.05) is 24.3 Å². The summed E-state index contributed by atoms with van der Waals surface area (Å²) >= 11 is 0. The number of amides is 1. The second-order valence-electron chi connectivity index (χ2n) is 6.07. The summed E-state index contributed by atoms with van der Waals surface area (Å²) in [6.45, 7) is 0.121. The van der Waals surface area contributed by atoms with Crippen LogP contribution in [0.2, 0.25) is 0 Å². The summed E-state index contributed by atoms with van der Waals surface area (Å²) < 4.78 is 32.1.